The van der Waals surface area contributed by atoms with Crippen molar-refractivity contribution in [2.24, 2.45) is 5.92 Å². The van der Waals surface area contributed by atoms with Crippen LogP contribution in [0.25, 0.3) is 0 Å². The van der Waals surface area contributed by atoms with Gasteiger partial charge in [-0.05, 0) is 31.4 Å². The summed E-state index contributed by atoms with van der Waals surface area (Å²) in [5.74, 6) is 1.91. The Bertz CT molecular complexity index is 492. The van der Waals surface area contributed by atoms with Crippen molar-refractivity contribution in [3.63, 3.8) is 0 Å². The predicted molar refractivity (Wildman–Crippen MR) is 89.4 cm³/mol. The summed E-state index contributed by atoms with van der Waals surface area (Å²) in [5, 5.41) is 0. The average molecular weight is 302 g/mol. The molecule has 1 fully saturated rings. The van der Waals surface area contributed by atoms with Gasteiger partial charge in [0.1, 0.15) is 38.5 Å². The van der Waals surface area contributed by atoms with Crippen LogP contribution in [0.5, 0.6) is 5.75 Å². The first-order valence-corrected chi connectivity index (χ1v) is 8.78. The van der Waals surface area contributed by atoms with E-state index in [-0.39, 0.29) is 0 Å². The van der Waals surface area contributed by atoms with E-state index in [4.69, 9.17) is 4.74 Å². The maximum atomic E-state index is 5.33. The van der Waals surface area contributed by atoms with Gasteiger partial charge in [-0.3, -0.25) is 0 Å². The third-order valence-corrected chi connectivity index (χ3v) is 5.21. The molecular weight excluding hydrogens is 272 g/mol. The number of ether oxygens (including phenoxy) is 1. The summed E-state index contributed by atoms with van der Waals surface area (Å²) in [6.45, 7) is 7.79. The average Bonchev–Trinajstić information content (AvgIpc) is 2.58. The normalized spacial score (nSPS) is 28.5. The van der Waals surface area contributed by atoms with Crippen LogP contribution in [-0.2, 0) is 6.54 Å². The van der Waals surface area contributed by atoms with Gasteiger partial charge in [0.25, 0.3) is 0 Å². The predicted octanol–water partition coefficient (Wildman–Crippen LogP) is 0.335. The first-order chi connectivity index (χ1) is 10.8. The summed E-state index contributed by atoms with van der Waals surface area (Å²) in [6, 6.07) is 8.54. The molecule has 1 atom stereocenters. The van der Waals surface area contributed by atoms with Gasteiger partial charge in [-0.2, -0.15) is 0 Å². The number of benzene rings is 1. The summed E-state index contributed by atoms with van der Waals surface area (Å²) in [5.41, 5.74) is 1.40. The van der Waals surface area contributed by atoms with Crippen LogP contribution >= 0.6 is 0 Å². The molecule has 1 aliphatic heterocycles. The summed E-state index contributed by atoms with van der Waals surface area (Å²) in [7, 11) is 1.74. The van der Waals surface area contributed by atoms with E-state index in [1.54, 1.807) is 12.0 Å². The van der Waals surface area contributed by atoms with Crippen molar-refractivity contribution >= 4 is 0 Å². The van der Waals surface area contributed by atoms with Crippen LogP contribution in [0.15, 0.2) is 36.4 Å². The van der Waals surface area contributed by atoms with Crippen LogP contribution in [0.4, 0.5) is 0 Å². The molecule has 0 aromatic heterocycles. The van der Waals surface area contributed by atoms with Gasteiger partial charge < -0.3 is 14.5 Å². The van der Waals surface area contributed by atoms with Gasteiger partial charge in [0.05, 0.1) is 13.7 Å². The quantitative estimate of drug-likeness (QED) is 0.751. The van der Waals surface area contributed by atoms with Gasteiger partial charge in [0.15, 0.2) is 0 Å². The molecule has 1 heterocycles. The Kier molecular flexibility index (Phi) is 5.52. The summed E-state index contributed by atoms with van der Waals surface area (Å²) < 4.78 is 5.33. The van der Waals surface area contributed by atoms with Crippen LogP contribution in [0.1, 0.15) is 24.8 Å². The molecule has 3 heteroatoms. The number of hydrogen-bond acceptors (Lipinski definition) is 1. The Balaban J connectivity index is 1.44. The Hall–Kier alpha value is -1.32. The fraction of sp³-hybridized carbons (Fsp3) is 0.579. The lowest BCUT2D eigenvalue weighted by Gasteiger charge is -2.32. The fourth-order valence-corrected chi connectivity index (χ4v) is 3.86. The molecule has 22 heavy (non-hydrogen) atoms. The van der Waals surface area contributed by atoms with E-state index in [0.29, 0.717) is 0 Å². The van der Waals surface area contributed by atoms with E-state index >= 15 is 0 Å². The van der Waals surface area contributed by atoms with E-state index in [1.807, 2.05) is 11.0 Å². The lowest BCUT2D eigenvalue weighted by atomic mass is 9.94. The van der Waals surface area contributed by atoms with Crippen LogP contribution in [0, 0.1) is 5.92 Å². The Morgan fingerprint density at radius 1 is 1.09 bits per heavy atom. The van der Waals surface area contributed by atoms with Gasteiger partial charge in [-0.15, -0.1) is 0 Å². The molecule has 1 aliphatic carbocycles. The number of quaternary nitrogens is 2. The lowest BCUT2D eigenvalue weighted by molar-refractivity contribution is -1.02. The van der Waals surface area contributed by atoms with Crippen molar-refractivity contribution in [3.05, 3.63) is 42.0 Å². The zero-order valence-electron chi connectivity index (χ0n) is 13.8. The summed E-state index contributed by atoms with van der Waals surface area (Å²) in [6.07, 6.45) is 8.75. The van der Waals surface area contributed by atoms with Gasteiger partial charge in [0.2, 0.25) is 0 Å². The highest BCUT2D eigenvalue weighted by atomic mass is 16.5. The first kappa shape index (κ1) is 15.6. The van der Waals surface area contributed by atoms with Crippen molar-refractivity contribution < 1.29 is 14.5 Å². The lowest BCUT2D eigenvalue weighted by Crippen LogP contribution is -3.27. The van der Waals surface area contributed by atoms with Crippen LogP contribution in [0.2, 0.25) is 0 Å². The van der Waals surface area contributed by atoms with Gasteiger partial charge >= 0.3 is 0 Å². The second kappa shape index (κ2) is 7.80. The van der Waals surface area contributed by atoms with E-state index in [2.05, 4.69) is 30.4 Å². The first-order valence-electron chi connectivity index (χ1n) is 8.78. The molecule has 2 aliphatic rings. The molecule has 1 aromatic rings. The number of piperazine rings is 1. The van der Waals surface area contributed by atoms with Crippen molar-refractivity contribution in [3.8, 4) is 5.75 Å². The highest BCUT2D eigenvalue weighted by Gasteiger charge is 2.25. The topological polar surface area (TPSA) is 18.1 Å². The minimum atomic E-state index is 0.930. The van der Waals surface area contributed by atoms with Crippen molar-refractivity contribution in [1.29, 1.82) is 0 Å². The van der Waals surface area contributed by atoms with Crippen molar-refractivity contribution in [2.75, 3.05) is 39.8 Å². The standard InChI is InChI=1S/C19H28N2O/c1-22-19-9-5-8-18(14-19)16-21-12-10-20(11-13-21)15-17-6-3-2-4-7-17/h2-3,5,8-9,14,17H,4,6-7,10-13,15-16H2,1H3/p+2. The van der Waals surface area contributed by atoms with Gasteiger partial charge in [-0.25, -0.2) is 0 Å². The Labute approximate surface area is 134 Å². The molecule has 1 unspecified atom stereocenters. The monoisotopic (exact) mass is 302 g/mol. The molecule has 2 N–H and O–H groups in total. The minimum Gasteiger partial charge on any atom is -0.497 e. The van der Waals surface area contributed by atoms with Crippen molar-refractivity contribution in [2.45, 2.75) is 25.8 Å². The maximum absolute atomic E-state index is 5.33. The van der Waals surface area contributed by atoms with Crippen molar-refractivity contribution in [1.82, 2.24) is 0 Å². The fourth-order valence-electron chi connectivity index (χ4n) is 3.86. The molecule has 0 saturated carbocycles. The van der Waals surface area contributed by atoms with Crippen LogP contribution in [-0.4, -0.2) is 39.8 Å². The largest absolute Gasteiger partial charge is 0.497 e. The molecular formula is C19H30N2O+2. The van der Waals surface area contributed by atoms with Crippen LogP contribution in [0.3, 0.4) is 0 Å². The summed E-state index contributed by atoms with van der Waals surface area (Å²) in [4.78, 5) is 3.55. The molecule has 0 bridgehead atoms. The Morgan fingerprint density at radius 3 is 2.64 bits per heavy atom. The second-order valence-electron chi connectivity index (χ2n) is 6.88. The van der Waals surface area contributed by atoms with E-state index in [9.17, 15) is 0 Å². The molecule has 0 spiro atoms. The zero-order chi connectivity index (χ0) is 15.2. The van der Waals surface area contributed by atoms with Crippen LogP contribution < -0.4 is 14.5 Å². The third kappa shape index (κ3) is 4.34. The Morgan fingerprint density at radius 2 is 1.91 bits per heavy atom. The molecule has 1 saturated heterocycles. The third-order valence-electron chi connectivity index (χ3n) is 5.21. The minimum absolute atomic E-state index is 0.930. The number of hydrogen-bond donors (Lipinski definition) is 2. The molecule has 3 rings (SSSR count). The number of allylic oxidation sites excluding steroid dienone is 2. The zero-order valence-corrected chi connectivity index (χ0v) is 13.8. The van der Waals surface area contributed by atoms with E-state index in [0.717, 1.165) is 18.2 Å². The second-order valence-corrected chi connectivity index (χ2v) is 6.88. The number of nitrogens with one attached hydrogen (secondary N) is 2. The smallest absolute Gasteiger partial charge is 0.127 e. The number of rotatable bonds is 5. The number of methoxy groups -OCH3 is 1. The summed E-state index contributed by atoms with van der Waals surface area (Å²) >= 11 is 0. The molecule has 0 radical (unpaired) electrons. The van der Waals surface area contributed by atoms with E-state index in [1.165, 1.54) is 57.5 Å². The highest BCUT2D eigenvalue weighted by Crippen LogP contribution is 2.16. The van der Waals surface area contributed by atoms with E-state index < -0.39 is 0 Å². The highest BCUT2D eigenvalue weighted by molar-refractivity contribution is 5.27. The molecule has 120 valence electrons. The van der Waals surface area contributed by atoms with Gasteiger partial charge in [0, 0.05) is 11.5 Å². The molecule has 3 nitrogen and oxygen atoms in total. The van der Waals surface area contributed by atoms with Gasteiger partial charge in [-0.1, -0.05) is 24.3 Å². The molecule has 0 amide bonds. The maximum Gasteiger partial charge on any atom is 0.127 e. The SMILES string of the molecule is COc1cccc(C[NH+]2CC[NH+](CC3CC=CCC3)CC2)c1. The molecule has 1 aromatic carbocycles.